The third-order valence-electron chi connectivity index (χ3n) is 1.62. The summed E-state index contributed by atoms with van der Waals surface area (Å²) < 4.78 is 22.2. The normalized spacial score (nSPS) is 10.0. The maximum Gasteiger partial charge on any atom is 0.199 e. The third kappa shape index (κ3) is 3.66. The lowest BCUT2D eigenvalue weighted by atomic mass is 10.4. The van der Waals surface area contributed by atoms with Crippen LogP contribution < -0.4 is 0 Å². The molecule has 0 saturated carbocycles. The highest BCUT2D eigenvalue weighted by molar-refractivity contribution is 7.94. The highest BCUT2D eigenvalue weighted by atomic mass is 32.2. The lowest BCUT2D eigenvalue weighted by Gasteiger charge is -1.95. The maximum atomic E-state index is 11.1. The fourth-order valence-corrected chi connectivity index (χ4v) is 1.60. The average molecular weight is 237 g/mol. The molecule has 0 aliphatic heterocycles. The first-order valence-corrected chi connectivity index (χ1v) is 5.94. The molecule has 0 aliphatic rings. The van der Waals surface area contributed by atoms with Gasteiger partial charge in [0.25, 0.3) is 0 Å². The van der Waals surface area contributed by atoms with Gasteiger partial charge in [-0.05, 0) is 12.1 Å². The Morgan fingerprint density at radius 3 is 2.06 bits per heavy atom. The van der Waals surface area contributed by atoms with Crippen LogP contribution in [-0.2, 0) is 9.84 Å². The standard InChI is InChI=1S/C8H8O2S.C2H3N3/c1-2-11(9,10)8-6-4-3-5-7-8;1-2-4-5-3-1/h2-7H,1H2;1-2H,(H,3,4,5). The summed E-state index contributed by atoms with van der Waals surface area (Å²) in [4.78, 5) is 0.287. The highest BCUT2D eigenvalue weighted by Gasteiger charge is 2.06. The molecule has 0 unspecified atom stereocenters. The summed E-state index contributed by atoms with van der Waals surface area (Å²) in [5.41, 5.74) is 0. The van der Waals surface area contributed by atoms with Gasteiger partial charge >= 0.3 is 0 Å². The molecule has 0 aliphatic carbocycles. The fourth-order valence-electron chi connectivity index (χ4n) is 0.873. The number of hydrogen-bond acceptors (Lipinski definition) is 4. The van der Waals surface area contributed by atoms with Crippen LogP contribution >= 0.6 is 0 Å². The van der Waals surface area contributed by atoms with E-state index < -0.39 is 9.84 Å². The van der Waals surface area contributed by atoms with Gasteiger partial charge in [-0.2, -0.15) is 15.4 Å². The summed E-state index contributed by atoms with van der Waals surface area (Å²) in [5.74, 6) is 0. The predicted octanol–water partition coefficient (Wildman–Crippen LogP) is 1.41. The van der Waals surface area contributed by atoms with Crippen LogP contribution in [0.15, 0.2) is 59.6 Å². The molecule has 2 aromatic rings. The zero-order valence-corrected chi connectivity index (χ0v) is 9.26. The molecular formula is C10H11N3O2S. The Morgan fingerprint density at radius 2 is 1.69 bits per heavy atom. The summed E-state index contributed by atoms with van der Waals surface area (Å²) in [7, 11) is -3.23. The van der Waals surface area contributed by atoms with Crippen molar-refractivity contribution in [2.24, 2.45) is 0 Å². The molecule has 0 atom stereocenters. The molecule has 1 aromatic heterocycles. The van der Waals surface area contributed by atoms with Crippen molar-refractivity contribution in [1.82, 2.24) is 15.4 Å². The Morgan fingerprint density at radius 1 is 1.12 bits per heavy atom. The molecule has 6 heteroatoms. The number of nitrogens with one attached hydrogen (secondary N) is 1. The molecule has 0 saturated heterocycles. The Bertz CT molecular complexity index is 489. The van der Waals surface area contributed by atoms with E-state index in [1.807, 2.05) is 0 Å². The van der Waals surface area contributed by atoms with E-state index in [-0.39, 0.29) is 4.90 Å². The molecule has 0 radical (unpaired) electrons. The zero-order valence-electron chi connectivity index (χ0n) is 8.45. The predicted molar refractivity (Wildman–Crippen MR) is 60.2 cm³/mol. The minimum Gasteiger partial charge on any atom is -0.219 e. The summed E-state index contributed by atoms with van der Waals surface area (Å²) in [5, 5.41) is 10.3. The minimum absolute atomic E-state index is 0.287. The van der Waals surface area contributed by atoms with Crippen LogP contribution in [0.2, 0.25) is 0 Å². The lowest BCUT2D eigenvalue weighted by molar-refractivity contribution is 0.604. The van der Waals surface area contributed by atoms with Gasteiger partial charge in [0.1, 0.15) is 0 Å². The van der Waals surface area contributed by atoms with E-state index >= 15 is 0 Å². The zero-order chi connectivity index (χ0) is 11.9. The van der Waals surface area contributed by atoms with Crippen molar-refractivity contribution in [3.05, 3.63) is 54.7 Å². The van der Waals surface area contributed by atoms with Gasteiger partial charge in [-0.25, -0.2) is 8.42 Å². The highest BCUT2D eigenvalue weighted by Crippen LogP contribution is 2.09. The van der Waals surface area contributed by atoms with Crippen LogP contribution in [0.5, 0.6) is 0 Å². The first kappa shape index (κ1) is 12.1. The van der Waals surface area contributed by atoms with Crippen LogP contribution in [0, 0.1) is 0 Å². The second-order valence-electron chi connectivity index (χ2n) is 2.68. The molecule has 0 amide bonds. The van der Waals surface area contributed by atoms with Crippen LogP contribution in [0.1, 0.15) is 0 Å². The van der Waals surface area contributed by atoms with E-state index in [0.717, 1.165) is 5.41 Å². The molecule has 0 spiro atoms. The second kappa shape index (κ2) is 5.82. The van der Waals surface area contributed by atoms with Crippen molar-refractivity contribution in [3.63, 3.8) is 0 Å². The minimum atomic E-state index is -3.23. The quantitative estimate of drug-likeness (QED) is 0.856. The lowest BCUT2D eigenvalue weighted by Crippen LogP contribution is -1.93. The topological polar surface area (TPSA) is 75.7 Å². The van der Waals surface area contributed by atoms with Crippen molar-refractivity contribution in [2.45, 2.75) is 4.90 Å². The molecule has 1 N–H and O–H groups in total. The monoisotopic (exact) mass is 237 g/mol. The number of benzene rings is 1. The number of nitrogens with zero attached hydrogens (tertiary/aromatic N) is 2. The molecule has 0 bridgehead atoms. The van der Waals surface area contributed by atoms with Crippen molar-refractivity contribution in [1.29, 1.82) is 0 Å². The van der Waals surface area contributed by atoms with Crippen molar-refractivity contribution in [2.75, 3.05) is 0 Å². The summed E-state index contributed by atoms with van der Waals surface area (Å²) in [6.07, 6.45) is 3.17. The number of sulfone groups is 1. The third-order valence-corrected chi connectivity index (χ3v) is 2.99. The average Bonchev–Trinajstić information content (AvgIpc) is 2.89. The summed E-state index contributed by atoms with van der Waals surface area (Å²) in [6.45, 7) is 3.22. The van der Waals surface area contributed by atoms with Crippen molar-refractivity contribution >= 4 is 9.84 Å². The van der Waals surface area contributed by atoms with Crippen LogP contribution in [0.4, 0.5) is 0 Å². The van der Waals surface area contributed by atoms with Crippen LogP contribution in [0.3, 0.4) is 0 Å². The second-order valence-corrected chi connectivity index (χ2v) is 4.58. The number of aromatic nitrogens is 3. The number of hydrogen-bond donors (Lipinski definition) is 1. The van der Waals surface area contributed by atoms with E-state index in [0.29, 0.717) is 0 Å². The van der Waals surface area contributed by atoms with E-state index in [1.54, 1.807) is 30.6 Å². The van der Waals surface area contributed by atoms with E-state index in [9.17, 15) is 8.42 Å². The molecule has 1 aromatic carbocycles. The fraction of sp³-hybridized carbons (Fsp3) is 0. The van der Waals surface area contributed by atoms with Gasteiger partial charge in [0.05, 0.1) is 17.3 Å². The van der Waals surface area contributed by atoms with Crippen LogP contribution in [0.25, 0.3) is 0 Å². The largest absolute Gasteiger partial charge is 0.219 e. The smallest absolute Gasteiger partial charge is 0.199 e. The Labute approximate surface area is 93.7 Å². The van der Waals surface area contributed by atoms with Crippen molar-refractivity contribution < 1.29 is 8.42 Å². The Hall–Kier alpha value is -1.95. The van der Waals surface area contributed by atoms with Crippen molar-refractivity contribution in [3.8, 4) is 0 Å². The molecule has 0 fully saturated rings. The molecule has 1 heterocycles. The van der Waals surface area contributed by atoms with E-state index in [1.165, 1.54) is 12.1 Å². The van der Waals surface area contributed by atoms with E-state index in [2.05, 4.69) is 22.0 Å². The Kier molecular flexibility index (Phi) is 4.41. The van der Waals surface area contributed by atoms with Gasteiger partial charge in [-0.15, -0.1) is 0 Å². The number of aromatic amines is 1. The van der Waals surface area contributed by atoms with Gasteiger partial charge < -0.3 is 0 Å². The molecular weight excluding hydrogens is 226 g/mol. The first-order valence-electron chi connectivity index (χ1n) is 4.39. The van der Waals surface area contributed by atoms with Gasteiger partial charge in [0.2, 0.25) is 0 Å². The molecule has 2 rings (SSSR count). The van der Waals surface area contributed by atoms with Gasteiger partial charge in [-0.3, -0.25) is 0 Å². The number of H-pyrrole nitrogens is 1. The van der Waals surface area contributed by atoms with Crippen LogP contribution in [-0.4, -0.2) is 23.8 Å². The molecule has 16 heavy (non-hydrogen) atoms. The van der Waals surface area contributed by atoms with Gasteiger partial charge in [0.15, 0.2) is 9.84 Å². The number of rotatable bonds is 2. The van der Waals surface area contributed by atoms with Gasteiger partial charge in [-0.1, -0.05) is 24.8 Å². The SMILES string of the molecule is C=CS(=O)(=O)c1ccccc1.c1cn[nH]n1. The first-order chi connectivity index (χ1) is 7.67. The van der Waals surface area contributed by atoms with Gasteiger partial charge in [0, 0.05) is 5.41 Å². The summed E-state index contributed by atoms with van der Waals surface area (Å²) >= 11 is 0. The molecule has 84 valence electrons. The Balaban J connectivity index is 0.000000212. The molecule has 5 nitrogen and oxygen atoms in total. The van der Waals surface area contributed by atoms with E-state index in [4.69, 9.17) is 0 Å². The summed E-state index contributed by atoms with van der Waals surface area (Å²) in [6, 6.07) is 8.20. The maximum absolute atomic E-state index is 11.1.